The summed E-state index contributed by atoms with van der Waals surface area (Å²) in [5.41, 5.74) is 2.32. The zero-order chi connectivity index (χ0) is 9.26. The number of fused-ring (bicyclic) bond motifs is 1. The largest absolute Gasteiger partial charge is 0.454 e. The molecule has 0 atom stereocenters. The second kappa shape index (κ2) is 3.42. The van der Waals surface area contributed by atoms with Crippen molar-refractivity contribution in [2.75, 3.05) is 6.79 Å². The second-order valence-corrected chi connectivity index (χ2v) is 3.38. The van der Waals surface area contributed by atoms with Crippen molar-refractivity contribution in [2.24, 2.45) is 0 Å². The Bertz CT molecular complexity index is 358. The number of rotatable bonds is 1. The van der Waals surface area contributed by atoms with Gasteiger partial charge in [0.25, 0.3) is 0 Å². The zero-order valence-electron chi connectivity index (χ0n) is 7.21. The molecule has 3 heteroatoms. The standard InChI is InChI=1S/C10H9BrO2/c1-7-4-9-10(13-6-12-9)5-8(7)2-3-11/h2-5H,6H2,1H3/b3-2+. The van der Waals surface area contributed by atoms with E-state index in [1.807, 2.05) is 30.1 Å². The Morgan fingerprint density at radius 2 is 2.00 bits per heavy atom. The van der Waals surface area contributed by atoms with E-state index >= 15 is 0 Å². The lowest BCUT2D eigenvalue weighted by Crippen LogP contribution is -1.92. The van der Waals surface area contributed by atoms with Gasteiger partial charge in [-0.3, -0.25) is 0 Å². The maximum atomic E-state index is 5.27. The van der Waals surface area contributed by atoms with E-state index in [9.17, 15) is 0 Å². The first kappa shape index (κ1) is 8.63. The summed E-state index contributed by atoms with van der Waals surface area (Å²) in [7, 11) is 0. The van der Waals surface area contributed by atoms with Crippen LogP contribution in [0.3, 0.4) is 0 Å². The minimum atomic E-state index is 0.330. The van der Waals surface area contributed by atoms with Crippen LogP contribution in [0.4, 0.5) is 0 Å². The van der Waals surface area contributed by atoms with Crippen molar-refractivity contribution >= 4 is 22.0 Å². The highest BCUT2D eigenvalue weighted by Gasteiger charge is 2.14. The Labute approximate surface area is 85.3 Å². The first-order valence-electron chi connectivity index (χ1n) is 3.98. The van der Waals surface area contributed by atoms with Crippen LogP contribution >= 0.6 is 15.9 Å². The Balaban J connectivity index is 2.49. The van der Waals surface area contributed by atoms with Gasteiger partial charge in [0.15, 0.2) is 11.5 Å². The monoisotopic (exact) mass is 240 g/mol. The van der Waals surface area contributed by atoms with E-state index in [4.69, 9.17) is 9.47 Å². The van der Waals surface area contributed by atoms with E-state index in [1.165, 1.54) is 5.56 Å². The lowest BCUT2D eigenvalue weighted by molar-refractivity contribution is 0.174. The van der Waals surface area contributed by atoms with Crippen LogP contribution in [0.25, 0.3) is 6.08 Å². The SMILES string of the molecule is Cc1cc2c(cc1/C=C/Br)OCO2. The quantitative estimate of drug-likeness (QED) is 0.752. The highest BCUT2D eigenvalue weighted by Crippen LogP contribution is 2.34. The molecule has 0 bridgehead atoms. The van der Waals surface area contributed by atoms with E-state index < -0.39 is 0 Å². The van der Waals surface area contributed by atoms with Gasteiger partial charge in [0, 0.05) is 0 Å². The van der Waals surface area contributed by atoms with Gasteiger partial charge in [-0.05, 0) is 41.2 Å². The molecule has 1 aromatic rings. The van der Waals surface area contributed by atoms with Crippen molar-refractivity contribution in [2.45, 2.75) is 6.92 Å². The normalized spacial score (nSPS) is 14.0. The molecule has 0 aromatic heterocycles. The number of halogens is 1. The molecule has 2 rings (SSSR count). The lowest BCUT2D eigenvalue weighted by atomic mass is 10.1. The van der Waals surface area contributed by atoms with Crippen molar-refractivity contribution < 1.29 is 9.47 Å². The van der Waals surface area contributed by atoms with Gasteiger partial charge in [-0.2, -0.15) is 0 Å². The molecule has 0 unspecified atom stereocenters. The third-order valence-corrected chi connectivity index (χ3v) is 2.27. The van der Waals surface area contributed by atoms with Gasteiger partial charge in [0.05, 0.1) is 0 Å². The number of hydrogen-bond acceptors (Lipinski definition) is 2. The van der Waals surface area contributed by atoms with E-state index in [1.54, 1.807) is 0 Å². The van der Waals surface area contributed by atoms with Crippen molar-refractivity contribution in [3.63, 3.8) is 0 Å². The fourth-order valence-electron chi connectivity index (χ4n) is 1.31. The first-order chi connectivity index (χ1) is 6.31. The fourth-order valence-corrected chi connectivity index (χ4v) is 1.59. The molecule has 0 saturated carbocycles. The van der Waals surface area contributed by atoms with Gasteiger partial charge >= 0.3 is 0 Å². The molecule has 1 aliphatic heterocycles. The van der Waals surface area contributed by atoms with E-state index in [-0.39, 0.29) is 0 Å². The van der Waals surface area contributed by atoms with Crippen LogP contribution in [0.2, 0.25) is 0 Å². The highest BCUT2D eigenvalue weighted by atomic mass is 79.9. The third-order valence-electron chi connectivity index (χ3n) is 2.00. The van der Waals surface area contributed by atoms with E-state index in [0.717, 1.165) is 17.1 Å². The molecule has 13 heavy (non-hydrogen) atoms. The van der Waals surface area contributed by atoms with Crippen LogP contribution < -0.4 is 9.47 Å². The summed E-state index contributed by atoms with van der Waals surface area (Å²) in [6, 6.07) is 3.97. The maximum Gasteiger partial charge on any atom is 0.231 e. The van der Waals surface area contributed by atoms with Crippen LogP contribution in [-0.4, -0.2) is 6.79 Å². The Kier molecular flexibility index (Phi) is 2.27. The van der Waals surface area contributed by atoms with Crippen LogP contribution in [-0.2, 0) is 0 Å². The lowest BCUT2D eigenvalue weighted by Gasteiger charge is -2.02. The summed E-state index contributed by atoms with van der Waals surface area (Å²) < 4.78 is 10.5. The van der Waals surface area contributed by atoms with Crippen LogP contribution in [0.15, 0.2) is 17.1 Å². The minimum absolute atomic E-state index is 0.330. The van der Waals surface area contributed by atoms with Crippen molar-refractivity contribution in [1.29, 1.82) is 0 Å². The van der Waals surface area contributed by atoms with Crippen LogP contribution in [0.1, 0.15) is 11.1 Å². The predicted molar refractivity (Wildman–Crippen MR) is 55.3 cm³/mol. The molecule has 1 heterocycles. The first-order valence-corrected chi connectivity index (χ1v) is 4.90. The Morgan fingerprint density at radius 1 is 1.31 bits per heavy atom. The summed E-state index contributed by atoms with van der Waals surface area (Å²) in [5, 5.41) is 0. The van der Waals surface area contributed by atoms with Gasteiger partial charge in [-0.15, -0.1) is 0 Å². The van der Waals surface area contributed by atoms with Gasteiger partial charge in [0.2, 0.25) is 6.79 Å². The minimum Gasteiger partial charge on any atom is -0.454 e. The summed E-state index contributed by atoms with van der Waals surface area (Å²) in [6.45, 7) is 2.38. The smallest absolute Gasteiger partial charge is 0.231 e. The summed E-state index contributed by atoms with van der Waals surface area (Å²) in [5.74, 6) is 1.66. The molecule has 2 nitrogen and oxygen atoms in total. The second-order valence-electron chi connectivity index (χ2n) is 2.85. The number of hydrogen-bond donors (Lipinski definition) is 0. The molecular weight excluding hydrogens is 232 g/mol. The molecular formula is C10H9BrO2. The molecule has 0 spiro atoms. The van der Waals surface area contributed by atoms with Crippen molar-refractivity contribution in [1.82, 2.24) is 0 Å². The maximum absolute atomic E-state index is 5.27. The molecule has 0 saturated heterocycles. The van der Waals surface area contributed by atoms with Gasteiger partial charge < -0.3 is 9.47 Å². The molecule has 0 fully saturated rings. The Morgan fingerprint density at radius 3 is 2.69 bits per heavy atom. The van der Waals surface area contributed by atoms with Gasteiger partial charge in [-0.1, -0.05) is 15.9 Å². The highest BCUT2D eigenvalue weighted by molar-refractivity contribution is 9.11. The molecule has 0 N–H and O–H groups in total. The zero-order valence-corrected chi connectivity index (χ0v) is 8.80. The van der Waals surface area contributed by atoms with Crippen LogP contribution in [0.5, 0.6) is 11.5 Å². The fraction of sp³-hybridized carbons (Fsp3) is 0.200. The molecule has 0 amide bonds. The van der Waals surface area contributed by atoms with Crippen LogP contribution in [0, 0.1) is 6.92 Å². The van der Waals surface area contributed by atoms with E-state index in [0.29, 0.717) is 6.79 Å². The molecule has 0 radical (unpaired) electrons. The molecule has 1 aromatic carbocycles. The van der Waals surface area contributed by atoms with Crippen molar-refractivity contribution in [3.05, 3.63) is 28.2 Å². The number of aryl methyl sites for hydroxylation is 1. The summed E-state index contributed by atoms with van der Waals surface area (Å²) in [6.07, 6.45) is 1.98. The Hall–Kier alpha value is -0.960. The predicted octanol–water partition coefficient (Wildman–Crippen LogP) is 3.09. The van der Waals surface area contributed by atoms with Crippen molar-refractivity contribution in [3.8, 4) is 11.5 Å². The summed E-state index contributed by atoms with van der Waals surface area (Å²) >= 11 is 3.25. The van der Waals surface area contributed by atoms with Gasteiger partial charge in [-0.25, -0.2) is 0 Å². The molecule has 1 aliphatic rings. The average molecular weight is 241 g/mol. The summed E-state index contributed by atoms with van der Waals surface area (Å²) in [4.78, 5) is 1.83. The average Bonchev–Trinajstić information content (AvgIpc) is 2.52. The van der Waals surface area contributed by atoms with Gasteiger partial charge in [0.1, 0.15) is 0 Å². The third kappa shape index (κ3) is 1.56. The molecule has 0 aliphatic carbocycles. The van der Waals surface area contributed by atoms with E-state index in [2.05, 4.69) is 15.9 Å². The number of ether oxygens (including phenoxy) is 2. The molecule has 68 valence electrons. The number of benzene rings is 1. The topological polar surface area (TPSA) is 18.5 Å².